The molecule has 2 aromatic heterocycles. The molecule has 6 nitrogen and oxygen atoms in total. The summed E-state index contributed by atoms with van der Waals surface area (Å²) in [6.07, 6.45) is 0. The summed E-state index contributed by atoms with van der Waals surface area (Å²) in [5, 5.41) is 2.24. The Bertz CT molecular complexity index is 1010. The van der Waals surface area contributed by atoms with Crippen LogP contribution in [0.2, 0.25) is 0 Å². The summed E-state index contributed by atoms with van der Waals surface area (Å²) in [6.45, 7) is 0.204. The van der Waals surface area contributed by atoms with E-state index in [-0.39, 0.29) is 12.1 Å². The molecule has 0 atom stereocenters. The standard InChI is InChI=1S/C16H14N2O4S/c1-17-14(19)10-5-3-4-6-12(10)18(16(17)21)9-13-11(7-8-23-13)15(20)22-2/h3-8H,9H2,1-2H3. The number of methoxy groups -OCH3 is 1. The van der Waals surface area contributed by atoms with Crippen molar-refractivity contribution in [2.75, 3.05) is 7.11 Å². The molecule has 0 amide bonds. The van der Waals surface area contributed by atoms with Crippen molar-refractivity contribution in [1.29, 1.82) is 0 Å². The van der Waals surface area contributed by atoms with Gasteiger partial charge in [0.1, 0.15) is 0 Å². The van der Waals surface area contributed by atoms with Crippen LogP contribution >= 0.6 is 11.3 Å². The van der Waals surface area contributed by atoms with Crippen LogP contribution in [0.3, 0.4) is 0 Å². The van der Waals surface area contributed by atoms with Crippen LogP contribution in [0, 0.1) is 0 Å². The SMILES string of the molecule is COC(=O)c1ccsc1Cn1c(=O)n(C)c(=O)c2ccccc21. The Labute approximate surface area is 135 Å². The Hall–Kier alpha value is -2.67. The van der Waals surface area contributed by atoms with Crippen LogP contribution in [-0.4, -0.2) is 22.2 Å². The van der Waals surface area contributed by atoms with Gasteiger partial charge in [-0.25, -0.2) is 9.59 Å². The monoisotopic (exact) mass is 330 g/mol. The van der Waals surface area contributed by atoms with E-state index < -0.39 is 11.7 Å². The summed E-state index contributed by atoms with van der Waals surface area (Å²) in [7, 11) is 2.76. The summed E-state index contributed by atoms with van der Waals surface area (Å²) < 4.78 is 7.33. The third-order valence-electron chi connectivity index (χ3n) is 3.70. The zero-order chi connectivity index (χ0) is 16.6. The minimum Gasteiger partial charge on any atom is -0.465 e. The Morgan fingerprint density at radius 3 is 2.70 bits per heavy atom. The minimum absolute atomic E-state index is 0.204. The fourth-order valence-electron chi connectivity index (χ4n) is 2.49. The molecule has 2 heterocycles. The number of aromatic nitrogens is 2. The number of fused-ring (bicyclic) bond motifs is 1. The number of hydrogen-bond acceptors (Lipinski definition) is 5. The quantitative estimate of drug-likeness (QED) is 0.684. The number of benzene rings is 1. The van der Waals surface area contributed by atoms with E-state index in [2.05, 4.69) is 0 Å². The van der Waals surface area contributed by atoms with E-state index in [0.29, 0.717) is 21.3 Å². The van der Waals surface area contributed by atoms with Gasteiger partial charge in [-0.15, -0.1) is 11.3 Å². The number of ether oxygens (including phenoxy) is 1. The summed E-state index contributed by atoms with van der Waals surface area (Å²) in [5.41, 5.74) is 0.228. The molecule has 0 saturated heterocycles. The van der Waals surface area contributed by atoms with Crippen LogP contribution in [0.1, 0.15) is 15.2 Å². The van der Waals surface area contributed by atoms with Crippen molar-refractivity contribution in [3.63, 3.8) is 0 Å². The molecule has 7 heteroatoms. The molecule has 0 spiro atoms. The summed E-state index contributed by atoms with van der Waals surface area (Å²) >= 11 is 1.37. The highest BCUT2D eigenvalue weighted by atomic mass is 32.1. The number of carbonyl (C=O) groups excluding carboxylic acids is 1. The molecule has 1 aromatic carbocycles. The maximum atomic E-state index is 12.5. The largest absolute Gasteiger partial charge is 0.465 e. The van der Waals surface area contributed by atoms with Crippen molar-refractivity contribution in [2.45, 2.75) is 6.54 Å². The van der Waals surface area contributed by atoms with Gasteiger partial charge in [0.15, 0.2) is 0 Å². The lowest BCUT2D eigenvalue weighted by atomic mass is 10.2. The molecule has 3 aromatic rings. The van der Waals surface area contributed by atoms with Crippen LogP contribution in [0.5, 0.6) is 0 Å². The molecule has 118 valence electrons. The molecule has 23 heavy (non-hydrogen) atoms. The van der Waals surface area contributed by atoms with Gasteiger partial charge in [-0.05, 0) is 23.6 Å². The highest BCUT2D eigenvalue weighted by Gasteiger charge is 2.16. The molecule has 0 N–H and O–H groups in total. The Balaban J connectivity index is 2.22. The third kappa shape index (κ3) is 2.49. The van der Waals surface area contributed by atoms with Crippen LogP contribution < -0.4 is 11.2 Å². The molecular weight excluding hydrogens is 316 g/mol. The van der Waals surface area contributed by atoms with Gasteiger partial charge in [-0.1, -0.05) is 12.1 Å². The third-order valence-corrected chi connectivity index (χ3v) is 4.61. The summed E-state index contributed by atoms with van der Waals surface area (Å²) in [6, 6.07) is 8.60. The van der Waals surface area contributed by atoms with Crippen LogP contribution in [0.15, 0.2) is 45.3 Å². The highest BCUT2D eigenvalue weighted by molar-refractivity contribution is 7.10. The van der Waals surface area contributed by atoms with Gasteiger partial charge in [0.2, 0.25) is 0 Å². The number of nitrogens with zero attached hydrogens (tertiary/aromatic N) is 2. The topological polar surface area (TPSA) is 70.3 Å². The first-order chi connectivity index (χ1) is 11.0. The fourth-order valence-corrected chi connectivity index (χ4v) is 3.34. The first-order valence-corrected chi connectivity index (χ1v) is 7.76. The first kappa shape index (κ1) is 15.2. The van der Waals surface area contributed by atoms with Crippen molar-refractivity contribution >= 4 is 28.2 Å². The molecule has 0 saturated carbocycles. The minimum atomic E-state index is -0.441. The number of rotatable bonds is 3. The van der Waals surface area contributed by atoms with E-state index >= 15 is 0 Å². The normalized spacial score (nSPS) is 10.9. The zero-order valence-corrected chi connectivity index (χ0v) is 13.4. The van der Waals surface area contributed by atoms with Gasteiger partial charge in [0.25, 0.3) is 5.56 Å². The molecular formula is C16H14N2O4S. The zero-order valence-electron chi connectivity index (χ0n) is 12.6. The molecule has 0 unspecified atom stereocenters. The number of esters is 1. The molecule has 0 radical (unpaired) electrons. The van der Waals surface area contributed by atoms with Crippen LogP contribution in [0.4, 0.5) is 0 Å². The average Bonchev–Trinajstić information content (AvgIpc) is 3.04. The predicted molar refractivity (Wildman–Crippen MR) is 88.2 cm³/mol. The van der Waals surface area contributed by atoms with Crippen molar-refractivity contribution in [2.24, 2.45) is 7.05 Å². The van der Waals surface area contributed by atoms with Crippen LogP contribution in [0.25, 0.3) is 10.9 Å². The first-order valence-electron chi connectivity index (χ1n) is 6.88. The molecule has 0 bridgehead atoms. The lowest BCUT2D eigenvalue weighted by Crippen LogP contribution is -2.38. The number of carbonyl (C=O) groups is 1. The van der Waals surface area contributed by atoms with Gasteiger partial charge in [0, 0.05) is 11.9 Å². The summed E-state index contributed by atoms with van der Waals surface area (Å²) in [5.74, 6) is -0.441. The fraction of sp³-hybridized carbons (Fsp3) is 0.188. The number of hydrogen-bond donors (Lipinski definition) is 0. The van der Waals surface area contributed by atoms with E-state index in [4.69, 9.17) is 4.74 Å². The highest BCUT2D eigenvalue weighted by Crippen LogP contribution is 2.20. The molecule has 3 rings (SSSR count). The molecule has 0 aliphatic rings. The van der Waals surface area contributed by atoms with Crippen molar-refractivity contribution in [1.82, 2.24) is 9.13 Å². The lowest BCUT2D eigenvalue weighted by Gasteiger charge is -2.12. The number of para-hydroxylation sites is 1. The second-order valence-corrected chi connectivity index (χ2v) is 6.00. The molecule has 0 aliphatic carbocycles. The Kier molecular flexibility index (Phi) is 3.87. The summed E-state index contributed by atoms with van der Waals surface area (Å²) in [4.78, 5) is 37.2. The van der Waals surface area contributed by atoms with Gasteiger partial charge >= 0.3 is 11.7 Å². The number of thiophene rings is 1. The Morgan fingerprint density at radius 1 is 1.22 bits per heavy atom. The van der Waals surface area contributed by atoms with Gasteiger partial charge in [-0.3, -0.25) is 13.9 Å². The maximum Gasteiger partial charge on any atom is 0.339 e. The van der Waals surface area contributed by atoms with E-state index in [0.717, 1.165) is 4.57 Å². The van der Waals surface area contributed by atoms with E-state index in [9.17, 15) is 14.4 Å². The van der Waals surface area contributed by atoms with Crippen molar-refractivity contribution in [3.05, 3.63) is 67.0 Å². The molecule has 0 fully saturated rings. The maximum absolute atomic E-state index is 12.5. The van der Waals surface area contributed by atoms with Gasteiger partial charge < -0.3 is 4.74 Å². The predicted octanol–water partition coefficient (Wildman–Crippen LogP) is 1.60. The van der Waals surface area contributed by atoms with E-state index in [1.54, 1.807) is 35.7 Å². The second-order valence-electron chi connectivity index (χ2n) is 5.00. The van der Waals surface area contributed by atoms with Gasteiger partial charge in [-0.2, -0.15) is 0 Å². The lowest BCUT2D eigenvalue weighted by molar-refractivity contribution is 0.0600. The Morgan fingerprint density at radius 2 is 1.96 bits per heavy atom. The van der Waals surface area contributed by atoms with E-state index in [1.807, 2.05) is 0 Å². The second kappa shape index (κ2) is 5.85. The van der Waals surface area contributed by atoms with Crippen LogP contribution in [-0.2, 0) is 18.3 Å². The average molecular weight is 330 g/mol. The van der Waals surface area contributed by atoms with Crippen molar-refractivity contribution in [3.8, 4) is 0 Å². The molecule has 0 aliphatic heterocycles. The van der Waals surface area contributed by atoms with E-state index in [1.165, 1.54) is 30.1 Å². The van der Waals surface area contributed by atoms with Gasteiger partial charge in [0.05, 0.1) is 30.1 Å². The smallest absolute Gasteiger partial charge is 0.339 e. The van der Waals surface area contributed by atoms with Crippen molar-refractivity contribution < 1.29 is 9.53 Å².